The van der Waals surface area contributed by atoms with Gasteiger partial charge in [-0.3, -0.25) is 4.79 Å². The Morgan fingerprint density at radius 2 is 2.07 bits per heavy atom. The van der Waals surface area contributed by atoms with Gasteiger partial charge in [0.05, 0.1) is 0 Å². The number of alkyl halides is 2. The van der Waals surface area contributed by atoms with E-state index in [1.54, 1.807) is 0 Å². The average molecular weight is 261 g/mol. The van der Waals surface area contributed by atoms with Gasteiger partial charge in [-0.15, -0.1) is 0 Å². The van der Waals surface area contributed by atoms with Gasteiger partial charge in [-0.05, 0) is 12.1 Å². The van der Waals surface area contributed by atoms with Gasteiger partial charge >= 0.3 is 0 Å². The topological polar surface area (TPSA) is 17.1 Å². The summed E-state index contributed by atoms with van der Waals surface area (Å²) in [5.41, 5.74) is 0.00701. The summed E-state index contributed by atoms with van der Waals surface area (Å²) in [6.07, 6.45) is -0.448. The molecule has 4 heteroatoms. The van der Waals surface area contributed by atoms with E-state index in [9.17, 15) is 13.6 Å². The lowest BCUT2D eigenvalue weighted by atomic mass is 9.88. The van der Waals surface area contributed by atoms with Crippen molar-refractivity contribution in [2.45, 2.75) is 18.8 Å². The molecule has 0 N–H and O–H groups in total. The first kappa shape index (κ1) is 9.77. The van der Waals surface area contributed by atoms with Crippen LogP contribution in [0.25, 0.3) is 0 Å². The van der Waals surface area contributed by atoms with Crippen LogP contribution in [0, 0.1) is 0 Å². The van der Waals surface area contributed by atoms with Crippen LogP contribution in [0.4, 0.5) is 8.78 Å². The van der Waals surface area contributed by atoms with Crippen LogP contribution < -0.4 is 0 Å². The van der Waals surface area contributed by atoms with Gasteiger partial charge in [0.15, 0.2) is 5.78 Å². The SMILES string of the molecule is O=C1CCC(F)(F)c2ccc(Br)cc21. The fraction of sp³-hybridized carbons (Fsp3) is 0.300. The minimum Gasteiger partial charge on any atom is -0.294 e. The molecular weight excluding hydrogens is 254 g/mol. The Morgan fingerprint density at radius 1 is 1.36 bits per heavy atom. The Labute approximate surface area is 88.2 Å². The van der Waals surface area contributed by atoms with Crippen molar-refractivity contribution >= 4 is 21.7 Å². The molecule has 0 unspecified atom stereocenters. The third-order valence-electron chi connectivity index (χ3n) is 2.34. The number of rotatable bonds is 0. The highest BCUT2D eigenvalue weighted by molar-refractivity contribution is 9.10. The molecule has 1 aliphatic carbocycles. The third-order valence-corrected chi connectivity index (χ3v) is 2.84. The zero-order valence-corrected chi connectivity index (χ0v) is 8.77. The number of hydrogen-bond donors (Lipinski definition) is 0. The summed E-state index contributed by atoms with van der Waals surface area (Å²) in [5, 5.41) is 0. The van der Waals surface area contributed by atoms with Crippen LogP contribution >= 0.6 is 15.9 Å². The number of benzene rings is 1. The molecule has 0 saturated heterocycles. The molecule has 1 aromatic carbocycles. The van der Waals surface area contributed by atoms with Crippen molar-refractivity contribution in [3.05, 3.63) is 33.8 Å². The summed E-state index contributed by atoms with van der Waals surface area (Å²) in [7, 11) is 0. The number of carbonyl (C=O) groups is 1. The normalized spacial score (nSPS) is 19.2. The molecule has 0 spiro atoms. The second-order valence-electron chi connectivity index (χ2n) is 3.32. The van der Waals surface area contributed by atoms with E-state index in [4.69, 9.17) is 0 Å². The zero-order valence-electron chi connectivity index (χ0n) is 7.19. The van der Waals surface area contributed by atoms with Gasteiger partial charge in [-0.25, -0.2) is 8.78 Å². The molecule has 0 bridgehead atoms. The Morgan fingerprint density at radius 3 is 2.79 bits per heavy atom. The zero-order chi connectivity index (χ0) is 10.3. The summed E-state index contributed by atoms with van der Waals surface area (Å²) in [6, 6.07) is 4.31. The number of Topliss-reactive ketones (excluding diaryl/α,β-unsaturated/α-hetero) is 1. The Bertz CT molecular complexity index is 401. The average Bonchev–Trinajstić information content (AvgIpc) is 2.12. The molecule has 0 radical (unpaired) electrons. The van der Waals surface area contributed by atoms with Crippen LogP contribution in [0.1, 0.15) is 28.8 Å². The van der Waals surface area contributed by atoms with Crippen LogP contribution in [0.15, 0.2) is 22.7 Å². The van der Waals surface area contributed by atoms with Crippen molar-refractivity contribution in [2.75, 3.05) is 0 Å². The quantitative estimate of drug-likeness (QED) is 0.698. The summed E-state index contributed by atoms with van der Waals surface area (Å²) < 4.78 is 27.3. The van der Waals surface area contributed by atoms with Crippen LogP contribution in [0.2, 0.25) is 0 Å². The van der Waals surface area contributed by atoms with Crippen LogP contribution in [0.3, 0.4) is 0 Å². The summed E-state index contributed by atoms with van der Waals surface area (Å²) in [5.74, 6) is -3.06. The van der Waals surface area contributed by atoms with E-state index in [0.29, 0.717) is 4.47 Å². The maximum absolute atomic E-state index is 13.3. The number of halogens is 3. The third kappa shape index (κ3) is 1.47. The fourth-order valence-electron chi connectivity index (χ4n) is 1.61. The van der Waals surface area contributed by atoms with E-state index in [2.05, 4.69) is 15.9 Å². The minimum absolute atomic E-state index is 0.0730. The highest BCUT2D eigenvalue weighted by Gasteiger charge is 2.39. The molecule has 2 rings (SSSR count). The van der Waals surface area contributed by atoms with Crippen LogP contribution in [0.5, 0.6) is 0 Å². The van der Waals surface area contributed by atoms with Crippen molar-refractivity contribution in [1.82, 2.24) is 0 Å². The lowest BCUT2D eigenvalue weighted by molar-refractivity contribution is -0.0192. The van der Waals surface area contributed by atoms with E-state index in [-0.39, 0.29) is 29.8 Å². The fourth-order valence-corrected chi connectivity index (χ4v) is 1.97. The van der Waals surface area contributed by atoms with Gasteiger partial charge < -0.3 is 0 Å². The van der Waals surface area contributed by atoms with Crippen molar-refractivity contribution < 1.29 is 13.6 Å². The lowest BCUT2D eigenvalue weighted by Gasteiger charge is -2.24. The Balaban J connectivity index is 2.63. The molecule has 0 atom stereocenters. The summed E-state index contributed by atoms with van der Waals surface area (Å²) in [4.78, 5) is 11.4. The van der Waals surface area contributed by atoms with Crippen LogP contribution in [-0.4, -0.2) is 5.78 Å². The van der Waals surface area contributed by atoms with Gasteiger partial charge in [-0.1, -0.05) is 22.0 Å². The molecule has 1 nitrogen and oxygen atoms in total. The first-order valence-electron chi connectivity index (χ1n) is 4.22. The van der Waals surface area contributed by atoms with Gasteiger partial charge in [0, 0.05) is 28.4 Å². The molecule has 1 aliphatic rings. The highest BCUT2D eigenvalue weighted by atomic mass is 79.9. The molecule has 74 valence electrons. The van der Waals surface area contributed by atoms with Gasteiger partial charge in [0.1, 0.15) is 0 Å². The molecule has 0 amide bonds. The standard InChI is InChI=1S/C10H7BrF2O/c11-6-1-2-8-7(5-6)9(14)3-4-10(8,12)13/h1-2,5H,3-4H2. The van der Waals surface area contributed by atoms with Crippen molar-refractivity contribution in [3.63, 3.8) is 0 Å². The molecule has 1 aromatic rings. The van der Waals surface area contributed by atoms with E-state index in [1.165, 1.54) is 18.2 Å². The van der Waals surface area contributed by atoms with E-state index >= 15 is 0 Å². The molecule has 0 aliphatic heterocycles. The maximum Gasteiger partial charge on any atom is 0.274 e. The first-order chi connectivity index (χ1) is 6.50. The predicted octanol–water partition coefficient (Wildman–Crippen LogP) is 3.52. The second-order valence-corrected chi connectivity index (χ2v) is 4.23. The second kappa shape index (κ2) is 3.12. The molecule has 0 aromatic heterocycles. The molecule has 0 heterocycles. The Kier molecular flexibility index (Phi) is 2.18. The summed E-state index contributed by atoms with van der Waals surface area (Å²) in [6.45, 7) is 0. The maximum atomic E-state index is 13.3. The number of ketones is 1. The smallest absolute Gasteiger partial charge is 0.274 e. The first-order valence-corrected chi connectivity index (χ1v) is 5.01. The molecule has 0 saturated carbocycles. The van der Waals surface area contributed by atoms with E-state index < -0.39 is 5.92 Å². The highest BCUT2D eigenvalue weighted by Crippen LogP contribution is 2.40. The minimum atomic E-state index is -2.86. The summed E-state index contributed by atoms with van der Waals surface area (Å²) >= 11 is 3.16. The number of fused-ring (bicyclic) bond motifs is 1. The van der Waals surface area contributed by atoms with E-state index in [1.807, 2.05) is 0 Å². The van der Waals surface area contributed by atoms with Crippen molar-refractivity contribution in [1.29, 1.82) is 0 Å². The van der Waals surface area contributed by atoms with Crippen molar-refractivity contribution in [2.24, 2.45) is 0 Å². The van der Waals surface area contributed by atoms with Gasteiger partial charge in [-0.2, -0.15) is 0 Å². The molecular formula is C10H7BrF2O. The molecule has 0 fully saturated rings. The van der Waals surface area contributed by atoms with Crippen LogP contribution in [-0.2, 0) is 5.92 Å². The largest absolute Gasteiger partial charge is 0.294 e. The predicted molar refractivity (Wildman–Crippen MR) is 51.6 cm³/mol. The van der Waals surface area contributed by atoms with E-state index in [0.717, 1.165) is 0 Å². The number of carbonyl (C=O) groups excluding carboxylic acids is 1. The monoisotopic (exact) mass is 260 g/mol. The van der Waals surface area contributed by atoms with Gasteiger partial charge in [0.25, 0.3) is 5.92 Å². The number of hydrogen-bond acceptors (Lipinski definition) is 1. The lowest BCUT2D eigenvalue weighted by Crippen LogP contribution is -2.24. The van der Waals surface area contributed by atoms with Crippen molar-refractivity contribution in [3.8, 4) is 0 Å². The van der Waals surface area contributed by atoms with Gasteiger partial charge in [0.2, 0.25) is 0 Å². The Hall–Kier alpha value is -0.770. The molecule has 14 heavy (non-hydrogen) atoms.